The van der Waals surface area contributed by atoms with Crippen LogP contribution in [0.4, 0.5) is 5.82 Å². The van der Waals surface area contributed by atoms with Crippen LogP contribution >= 0.6 is 0 Å². The normalized spacial score (nSPS) is 9.83. The molecule has 2 heterocycles. The standard InChI is InChI=1S/C11H12N6O/c1-12-10-7-13-6-9(16-10)11(18)14-5-8-3-2-4-15-17-8/h2-4,6-7H,5H2,1H3,(H,12,16)(H,14,18). The first-order chi connectivity index (χ1) is 8.79. The van der Waals surface area contributed by atoms with E-state index in [9.17, 15) is 4.79 Å². The number of nitrogens with one attached hydrogen (secondary N) is 2. The van der Waals surface area contributed by atoms with Gasteiger partial charge in [-0.1, -0.05) is 0 Å². The third-order valence-corrected chi connectivity index (χ3v) is 2.18. The summed E-state index contributed by atoms with van der Waals surface area (Å²) in [6.45, 7) is 0.304. The summed E-state index contributed by atoms with van der Waals surface area (Å²) in [7, 11) is 1.71. The molecule has 2 aromatic heterocycles. The highest BCUT2D eigenvalue weighted by Gasteiger charge is 2.08. The molecule has 0 aliphatic rings. The molecule has 2 rings (SSSR count). The lowest BCUT2D eigenvalue weighted by Gasteiger charge is -2.04. The molecule has 0 radical (unpaired) electrons. The Kier molecular flexibility index (Phi) is 3.75. The predicted molar refractivity (Wildman–Crippen MR) is 64.8 cm³/mol. The topological polar surface area (TPSA) is 92.7 Å². The minimum Gasteiger partial charge on any atom is -0.372 e. The van der Waals surface area contributed by atoms with Gasteiger partial charge in [0.1, 0.15) is 11.5 Å². The summed E-state index contributed by atoms with van der Waals surface area (Å²) in [4.78, 5) is 19.8. The lowest BCUT2D eigenvalue weighted by molar-refractivity contribution is 0.0945. The number of carbonyl (C=O) groups excluding carboxylic acids is 1. The van der Waals surface area contributed by atoms with Gasteiger partial charge >= 0.3 is 0 Å². The van der Waals surface area contributed by atoms with Crippen molar-refractivity contribution in [3.8, 4) is 0 Å². The number of hydrogen-bond donors (Lipinski definition) is 2. The molecule has 0 aliphatic carbocycles. The van der Waals surface area contributed by atoms with Crippen LogP contribution in [0.1, 0.15) is 16.2 Å². The lowest BCUT2D eigenvalue weighted by atomic mass is 10.3. The van der Waals surface area contributed by atoms with Crippen molar-refractivity contribution in [2.24, 2.45) is 0 Å². The third-order valence-electron chi connectivity index (χ3n) is 2.18. The largest absolute Gasteiger partial charge is 0.372 e. The van der Waals surface area contributed by atoms with E-state index in [4.69, 9.17) is 0 Å². The molecule has 0 saturated heterocycles. The molecule has 0 aliphatic heterocycles. The van der Waals surface area contributed by atoms with E-state index in [1.165, 1.54) is 6.20 Å². The average molecular weight is 244 g/mol. The van der Waals surface area contributed by atoms with Crippen LogP contribution < -0.4 is 10.6 Å². The summed E-state index contributed by atoms with van der Waals surface area (Å²) >= 11 is 0. The van der Waals surface area contributed by atoms with Crippen molar-refractivity contribution >= 4 is 11.7 Å². The van der Waals surface area contributed by atoms with E-state index in [-0.39, 0.29) is 11.6 Å². The van der Waals surface area contributed by atoms with Crippen LogP contribution in [-0.2, 0) is 6.54 Å². The van der Waals surface area contributed by atoms with Gasteiger partial charge in [-0.2, -0.15) is 10.2 Å². The number of anilines is 1. The Morgan fingerprint density at radius 1 is 1.39 bits per heavy atom. The summed E-state index contributed by atoms with van der Waals surface area (Å²) < 4.78 is 0. The first-order valence-electron chi connectivity index (χ1n) is 5.34. The van der Waals surface area contributed by atoms with E-state index in [1.54, 1.807) is 31.6 Å². The van der Waals surface area contributed by atoms with Crippen LogP contribution in [0, 0.1) is 0 Å². The van der Waals surface area contributed by atoms with Crippen LogP contribution in [-0.4, -0.2) is 33.1 Å². The fraction of sp³-hybridized carbons (Fsp3) is 0.182. The van der Waals surface area contributed by atoms with Gasteiger partial charge in [-0.3, -0.25) is 9.78 Å². The van der Waals surface area contributed by atoms with Crippen LogP contribution in [0.3, 0.4) is 0 Å². The Hall–Kier alpha value is -2.57. The van der Waals surface area contributed by atoms with Crippen molar-refractivity contribution < 1.29 is 4.79 Å². The molecule has 0 atom stereocenters. The Balaban J connectivity index is 1.99. The zero-order chi connectivity index (χ0) is 12.8. The summed E-state index contributed by atoms with van der Waals surface area (Å²) in [5.41, 5.74) is 0.939. The van der Waals surface area contributed by atoms with E-state index in [0.717, 1.165) is 0 Å². The monoisotopic (exact) mass is 244 g/mol. The Bertz CT molecular complexity index is 530. The first kappa shape index (κ1) is 11.9. The molecule has 0 bridgehead atoms. The minimum atomic E-state index is -0.301. The number of carbonyl (C=O) groups is 1. The second-order valence-electron chi connectivity index (χ2n) is 3.44. The highest BCUT2D eigenvalue weighted by molar-refractivity contribution is 5.92. The predicted octanol–water partition coefficient (Wildman–Crippen LogP) is 0.238. The number of nitrogens with zero attached hydrogens (tertiary/aromatic N) is 4. The molecule has 1 amide bonds. The number of aromatic nitrogens is 4. The Morgan fingerprint density at radius 2 is 2.28 bits per heavy atom. The van der Waals surface area contributed by atoms with E-state index in [2.05, 4.69) is 30.8 Å². The van der Waals surface area contributed by atoms with E-state index < -0.39 is 0 Å². The Labute approximate surface area is 104 Å². The second-order valence-corrected chi connectivity index (χ2v) is 3.44. The van der Waals surface area contributed by atoms with Crippen LogP contribution in [0.15, 0.2) is 30.7 Å². The summed E-state index contributed by atoms with van der Waals surface area (Å²) in [5.74, 6) is 0.243. The van der Waals surface area contributed by atoms with E-state index >= 15 is 0 Å². The van der Waals surface area contributed by atoms with Crippen molar-refractivity contribution in [2.45, 2.75) is 6.54 Å². The maximum Gasteiger partial charge on any atom is 0.271 e. The second kappa shape index (κ2) is 5.67. The Morgan fingerprint density at radius 3 is 3.00 bits per heavy atom. The fourth-order valence-electron chi connectivity index (χ4n) is 1.28. The van der Waals surface area contributed by atoms with Gasteiger partial charge in [-0.05, 0) is 12.1 Å². The zero-order valence-corrected chi connectivity index (χ0v) is 9.79. The molecule has 18 heavy (non-hydrogen) atoms. The van der Waals surface area contributed by atoms with Crippen LogP contribution in [0.25, 0.3) is 0 Å². The molecular weight excluding hydrogens is 232 g/mol. The molecule has 7 heteroatoms. The van der Waals surface area contributed by atoms with Gasteiger partial charge in [0.15, 0.2) is 0 Å². The number of hydrogen-bond acceptors (Lipinski definition) is 6. The van der Waals surface area contributed by atoms with Crippen molar-refractivity contribution in [3.63, 3.8) is 0 Å². The zero-order valence-electron chi connectivity index (χ0n) is 9.79. The highest BCUT2D eigenvalue weighted by atomic mass is 16.1. The SMILES string of the molecule is CNc1cncc(C(=O)NCc2cccnn2)n1. The average Bonchev–Trinajstić information content (AvgIpc) is 2.46. The van der Waals surface area contributed by atoms with Crippen molar-refractivity contribution in [1.82, 2.24) is 25.5 Å². The van der Waals surface area contributed by atoms with Gasteiger partial charge in [0.05, 0.1) is 24.6 Å². The van der Waals surface area contributed by atoms with Gasteiger partial charge in [0, 0.05) is 13.2 Å². The molecule has 0 spiro atoms. The van der Waals surface area contributed by atoms with Gasteiger partial charge in [-0.15, -0.1) is 0 Å². The summed E-state index contributed by atoms with van der Waals surface area (Å²) in [5, 5.41) is 13.1. The number of rotatable bonds is 4. The van der Waals surface area contributed by atoms with Crippen molar-refractivity contribution in [2.75, 3.05) is 12.4 Å². The fourth-order valence-corrected chi connectivity index (χ4v) is 1.28. The smallest absolute Gasteiger partial charge is 0.271 e. The van der Waals surface area contributed by atoms with Gasteiger partial charge in [0.25, 0.3) is 5.91 Å². The quantitative estimate of drug-likeness (QED) is 0.800. The van der Waals surface area contributed by atoms with E-state index in [1.807, 2.05) is 0 Å². The van der Waals surface area contributed by atoms with Gasteiger partial charge in [0.2, 0.25) is 0 Å². The molecule has 0 unspecified atom stereocenters. The molecule has 7 nitrogen and oxygen atoms in total. The lowest BCUT2D eigenvalue weighted by Crippen LogP contribution is -2.24. The van der Waals surface area contributed by atoms with Crippen molar-refractivity contribution in [1.29, 1.82) is 0 Å². The molecule has 0 aromatic carbocycles. The minimum absolute atomic E-state index is 0.255. The highest BCUT2D eigenvalue weighted by Crippen LogP contribution is 2.01. The first-order valence-corrected chi connectivity index (χ1v) is 5.34. The van der Waals surface area contributed by atoms with Crippen LogP contribution in [0.2, 0.25) is 0 Å². The van der Waals surface area contributed by atoms with Crippen molar-refractivity contribution in [3.05, 3.63) is 42.1 Å². The summed E-state index contributed by atoms with van der Waals surface area (Å²) in [6.07, 6.45) is 4.53. The van der Waals surface area contributed by atoms with E-state index in [0.29, 0.717) is 18.1 Å². The molecule has 0 saturated carbocycles. The van der Waals surface area contributed by atoms with Gasteiger partial charge in [-0.25, -0.2) is 4.98 Å². The molecular formula is C11H12N6O. The molecule has 2 aromatic rings. The molecule has 0 fully saturated rings. The third kappa shape index (κ3) is 2.97. The van der Waals surface area contributed by atoms with Gasteiger partial charge < -0.3 is 10.6 Å². The maximum absolute atomic E-state index is 11.8. The molecule has 92 valence electrons. The van der Waals surface area contributed by atoms with Crippen LogP contribution in [0.5, 0.6) is 0 Å². The molecule has 2 N–H and O–H groups in total. The maximum atomic E-state index is 11.8. The number of amides is 1. The summed E-state index contributed by atoms with van der Waals surface area (Å²) in [6, 6.07) is 3.54.